The molecular formula is C15H26. The second-order valence-electron chi connectivity index (χ2n) is 4.03. The van der Waals surface area contributed by atoms with E-state index in [4.69, 9.17) is 0 Å². The SMILES string of the molecule is CC#CCC/C(=C/CCCC)CCCC. The zero-order valence-corrected chi connectivity index (χ0v) is 10.7. The molecular weight excluding hydrogens is 180 g/mol. The lowest BCUT2D eigenvalue weighted by atomic mass is 10.0. The number of rotatable bonds is 8. The van der Waals surface area contributed by atoms with E-state index in [1.165, 1.54) is 44.9 Å². The van der Waals surface area contributed by atoms with Gasteiger partial charge in [0.1, 0.15) is 0 Å². The van der Waals surface area contributed by atoms with Crippen LogP contribution < -0.4 is 0 Å². The molecule has 0 aliphatic rings. The Morgan fingerprint density at radius 1 is 1.07 bits per heavy atom. The van der Waals surface area contributed by atoms with Crippen LogP contribution in [0, 0.1) is 11.8 Å². The van der Waals surface area contributed by atoms with E-state index in [9.17, 15) is 0 Å². The summed E-state index contributed by atoms with van der Waals surface area (Å²) >= 11 is 0. The first-order valence-electron chi connectivity index (χ1n) is 6.42. The van der Waals surface area contributed by atoms with Gasteiger partial charge in [-0.15, -0.1) is 11.8 Å². The van der Waals surface area contributed by atoms with Crippen LogP contribution in [-0.2, 0) is 0 Å². The zero-order chi connectivity index (χ0) is 11.4. The third-order valence-electron chi connectivity index (χ3n) is 2.59. The molecule has 0 N–H and O–H groups in total. The number of allylic oxidation sites excluding steroid dienone is 2. The van der Waals surface area contributed by atoms with Crippen molar-refractivity contribution in [1.82, 2.24) is 0 Å². The van der Waals surface area contributed by atoms with Gasteiger partial charge in [0.25, 0.3) is 0 Å². The molecule has 0 unspecified atom stereocenters. The molecule has 0 heteroatoms. The van der Waals surface area contributed by atoms with Crippen LogP contribution in [0.1, 0.15) is 72.1 Å². The predicted molar refractivity (Wildman–Crippen MR) is 69.8 cm³/mol. The summed E-state index contributed by atoms with van der Waals surface area (Å²) in [5, 5.41) is 0. The van der Waals surface area contributed by atoms with Gasteiger partial charge in [-0.25, -0.2) is 0 Å². The van der Waals surface area contributed by atoms with Gasteiger partial charge in [-0.2, -0.15) is 0 Å². The minimum Gasteiger partial charge on any atom is -0.107 e. The normalized spacial score (nSPS) is 11.0. The summed E-state index contributed by atoms with van der Waals surface area (Å²) in [7, 11) is 0. The highest BCUT2D eigenvalue weighted by atomic mass is 14.0. The molecule has 0 aliphatic carbocycles. The largest absolute Gasteiger partial charge is 0.107 e. The van der Waals surface area contributed by atoms with Gasteiger partial charge < -0.3 is 0 Å². The van der Waals surface area contributed by atoms with Crippen LogP contribution in [0.2, 0.25) is 0 Å². The van der Waals surface area contributed by atoms with Gasteiger partial charge in [-0.05, 0) is 32.6 Å². The van der Waals surface area contributed by atoms with Crippen LogP contribution in [0.15, 0.2) is 11.6 Å². The first kappa shape index (κ1) is 14.3. The third kappa shape index (κ3) is 9.60. The fourth-order valence-electron chi connectivity index (χ4n) is 1.59. The molecule has 0 heterocycles. The van der Waals surface area contributed by atoms with Crippen molar-refractivity contribution in [2.75, 3.05) is 0 Å². The molecule has 0 amide bonds. The van der Waals surface area contributed by atoms with Gasteiger partial charge >= 0.3 is 0 Å². The van der Waals surface area contributed by atoms with Crippen molar-refractivity contribution < 1.29 is 0 Å². The van der Waals surface area contributed by atoms with E-state index in [-0.39, 0.29) is 0 Å². The zero-order valence-electron chi connectivity index (χ0n) is 10.7. The molecule has 0 fully saturated rings. The highest BCUT2D eigenvalue weighted by Gasteiger charge is 1.96. The van der Waals surface area contributed by atoms with Crippen LogP contribution in [0.5, 0.6) is 0 Å². The van der Waals surface area contributed by atoms with Crippen LogP contribution in [0.25, 0.3) is 0 Å². The van der Waals surface area contributed by atoms with Gasteiger partial charge in [0, 0.05) is 6.42 Å². The Morgan fingerprint density at radius 3 is 2.40 bits per heavy atom. The van der Waals surface area contributed by atoms with Crippen molar-refractivity contribution in [3.63, 3.8) is 0 Å². The lowest BCUT2D eigenvalue weighted by Crippen LogP contribution is -1.85. The summed E-state index contributed by atoms with van der Waals surface area (Å²) in [4.78, 5) is 0. The molecule has 0 spiro atoms. The van der Waals surface area contributed by atoms with Crippen molar-refractivity contribution in [1.29, 1.82) is 0 Å². The highest BCUT2D eigenvalue weighted by molar-refractivity contribution is 5.06. The Hall–Kier alpha value is -0.700. The van der Waals surface area contributed by atoms with Crippen molar-refractivity contribution in [3.8, 4) is 11.8 Å². The first-order valence-corrected chi connectivity index (χ1v) is 6.42. The van der Waals surface area contributed by atoms with E-state index in [0.717, 1.165) is 6.42 Å². The maximum Gasteiger partial charge on any atom is 0.0126 e. The molecule has 0 bridgehead atoms. The number of hydrogen-bond acceptors (Lipinski definition) is 0. The van der Waals surface area contributed by atoms with Crippen LogP contribution in [-0.4, -0.2) is 0 Å². The van der Waals surface area contributed by atoms with Crippen molar-refractivity contribution in [3.05, 3.63) is 11.6 Å². The molecule has 0 aromatic carbocycles. The summed E-state index contributed by atoms with van der Waals surface area (Å²) in [6, 6.07) is 0. The molecule has 0 aromatic rings. The average molecular weight is 206 g/mol. The summed E-state index contributed by atoms with van der Waals surface area (Å²) in [6.45, 7) is 6.43. The van der Waals surface area contributed by atoms with E-state index in [0.29, 0.717) is 0 Å². The Labute approximate surface area is 96.2 Å². The Morgan fingerprint density at radius 2 is 1.80 bits per heavy atom. The van der Waals surface area contributed by atoms with E-state index in [2.05, 4.69) is 31.8 Å². The fourth-order valence-corrected chi connectivity index (χ4v) is 1.59. The second-order valence-corrected chi connectivity index (χ2v) is 4.03. The molecule has 86 valence electrons. The summed E-state index contributed by atoms with van der Waals surface area (Å²) < 4.78 is 0. The minimum absolute atomic E-state index is 1.04. The molecule has 0 aliphatic heterocycles. The molecule has 0 radical (unpaired) electrons. The molecule has 0 rings (SSSR count). The van der Waals surface area contributed by atoms with Gasteiger partial charge in [0.05, 0.1) is 0 Å². The lowest BCUT2D eigenvalue weighted by molar-refractivity contribution is 0.740. The summed E-state index contributed by atoms with van der Waals surface area (Å²) in [5.74, 6) is 6.12. The van der Waals surface area contributed by atoms with Crippen LogP contribution in [0.4, 0.5) is 0 Å². The quantitative estimate of drug-likeness (QED) is 0.294. The van der Waals surface area contributed by atoms with Crippen molar-refractivity contribution in [2.24, 2.45) is 0 Å². The summed E-state index contributed by atoms with van der Waals surface area (Å²) in [5.41, 5.74) is 1.63. The molecule has 15 heavy (non-hydrogen) atoms. The van der Waals surface area contributed by atoms with E-state index in [1.54, 1.807) is 5.57 Å². The summed E-state index contributed by atoms with van der Waals surface area (Å²) in [6.07, 6.45) is 12.5. The standard InChI is InChI=1S/C15H26/c1-4-7-10-13-15(12-9-6-3)14-11-8-5-2/h13H,4,6-7,9-12,14H2,1-3H3/b15-13+. The number of unbranched alkanes of at least 4 members (excludes halogenated alkanes) is 3. The first-order chi connectivity index (χ1) is 7.35. The average Bonchev–Trinajstić information content (AvgIpc) is 2.25. The van der Waals surface area contributed by atoms with Gasteiger partial charge in [-0.1, -0.05) is 44.8 Å². The minimum atomic E-state index is 1.04. The Balaban J connectivity index is 3.90. The lowest BCUT2D eigenvalue weighted by Gasteiger charge is -2.04. The van der Waals surface area contributed by atoms with E-state index < -0.39 is 0 Å². The van der Waals surface area contributed by atoms with Crippen molar-refractivity contribution in [2.45, 2.75) is 72.1 Å². The monoisotopic (exact) mass is 206 g/mol. The van der Waals surface area contributed by atoms with E-state index >= 15 is 0 Å². The fraction of sp³-hybridized carbons (Fsp3) is 0.733. The molecule has 0 atom stereocenters. The van der Waals surface area contributed by atoms with Crippen molar-refractivity contribution >= 4 is 0 Å². The second kappa shape index (κ2) is 11.4. The predicted octanol–water partition coefficient (Wildman–Crippen LogP) is 5.10. The topological polar surface area (TPSA) is 0 Å². The van der Waals surface area contributed by atoms with E-state index in [1.807, 2.05) is 6.92 Å². The molecule has 0 aromatic heterocycles. The smallest absolute Gasteiger partial charge is 0.0126 e. The molecule has 0 nitrogen and oxygen atoms in total. The molecule has 0 saturated carbocycles. The Kier molecular flexibility index (Phi) is 10.8. The van der Waals surface area contributed by atoms with Gasteiger partial charge in [0.2, 0.25) is 0 Å². The maximum atomic E-state index is 3.15. The number of hydrogen-bond donors (Lipinski definition) is 0. The highest BCUT2D eigenvalue weighted by Crippen LogP contribution is 2.15. The van der Waals surface area contributed by atoms with Crippen LogP contribution in [0.3, 0.4) is 0 Å². The van der Waals surface area contributed by atoms with Gasteiger partial charge in [0.15, 0.2) is 0 Å². The van der Waals surface area contributed by atoms with Crippen LogP contribution >= 0.6 is 0 Å². The third-order valence-corrected chi connectivity index (χ3v) is 2.59. The Bertz CT molecular complexity index is 212. The molecule has 0 saturated heterocycles. The van der Waals surface area contributed by atoms with Gasteiger partial charge in [-0.3, -0.25) is 0 Å². The maximum absolute atomic E-state index is 3.15.